The smallest absolute Gasteiger partial charge is 0.231 e. The summed E-state index contributed by atoms with van der Waals surface area (Å²) in [6, 6.07) is 14.6. The van der Waals surface area contributed by atoms with E-state index in [-0.39, 0.29) is 30.2 Å². The van der Waals surface area contributed by atoms with Gasteiger partial charge in [-0.3, -0.25) is 14.5 Å². The van der Waals surface area contributed by atoms with E-state index in [1.165, 1.54) is 0 Å². The first kappa shape index (κ1) is 23.9. The fourth-order valence-corrected chi connectivity index (χ4v) is 5.00. The Morgan fingerprint density at radius 2 is 1.78 bits per heavy atom. The van der Waals surface area contributed by atoms with Gasteiger partial charge in [-0.1, -0.05) is 18.2 Å². The van der Waals surface area contributed by atoms with Crippen LogP contribution in [0.15, 0.2) is 48.5 Å². The Labute approximate surface area is 210 Å². The number of aryl methyl sites for hydroxylation is 1. The van der Waals surface area contributed by atoms with E-state index >= 15 is 0 Å². The number of Topliss-reactive ketones (excluding diaryl/α,β-unsaturated/α-hetero) is 1. The second-order valence-electron chi connectivity index (χ2n) is 9.54. The number of benzene rings is 2. The summed E-state index contributed by atoms with van der Waals surface area (Å²) < 4.78 is 13.0. The van der Waals surface area contributed by atoms with Crippen LogP contribution in [-0.4, -0.2) is 52.7 Å². The summed E-state index contributed by atoms with van der Waals surface area (Å²) in [6.07, 6.45) is 1.35. The van der Waals surface area contributed by atoms with Gasteiger partial charge in [0, 0.05) is 29.4 Å². The Balaban J connectivity index is 1.17. The zero-order valence-corrected chi connectivity index (χ0v) is 20.6. The standard InChI is InChI=1S/C28H31N3O5/c1-18-13-22(19(2)31(18)15-20-7-8-26-27(14-20)36-17-35-26)25(33)16-30-11-9-21(10-12-30)28(34)29-23-5-3-4-6-24(23)32/h3-8,13-14,21,32H,9-12,15-17H2,1-2H3,(H,29,34). The number of hydrogen-bond acceptors (Lipinski definition) is 6. The van der Waals surface area contributed by atoms with Gasteiger partial charge < -0.3 is 24.5 Å². The van der Waals surface area contributed by atoms with E-state index in [9.17, 15) is 14.7 Å². The summed E-state index contributed by atoms with van der Waals surface area (Å²) in [5.41, 5.74) is 4.24. The lowest BCUT2D eigenvalue weighted by Crippen LogP contribution is -2.40. The Kier molecular flexibility index (Phi) is 6.69. The fraction of sp³-hybridized carbons (Fsp3) is 0.357. The molecule has 2 N–H and O–H groups in total. The first-order chi connectivity index (χ1) is 17.4. The van der Waals surface area contributed by atoms with Gasteiger partial charge in [-0.15, -0.1) is 0 Å². The summed E-state index contributed by atoms with van der Waals surface area (Å²) in [6.45, 7) is 6.61. The van der Waals surface area contributed by atoms with Crippen molar-refractivity contribution in [3.05, 3.63) is 71.0 Å². The number of fused-ring (bicyclic) bond motifs is 1. The van der Waals surface area contributed by atoms with Crippen LogP contribution in [0.1, 0.15) is 40.2 Å². The number of likely N-dealkylation sites (tertiary alicyclic amines) is 1. The number of nitrogens with zero attached hydrogens (tertiary/aromatic N) is 2. The summed E-state index contributed by atoms with van der Waals surface area (Å²) in [5, 5.41) is 12.7. The minimum atomic E-state index is -0.136. The zero-order chi connectivity index (χ0) is 25.2. The number of nitrogens with one attached hydrogen (secondary N) is 1. The van der Waals surface area contributed by atoms with Crippen LogP contribution >= 0.6 is 0 Å². The predicted octanol–water partition coefficient (Wildman–Crippen LogP) is 4.12. The summed E-state index contributed by atoms with van der Waals surface area (Å²) in [7, 11) is 0. The Bertz CT molecular complexity index is 1290. The van der Waals surface area contributed by atoms with Crippen molar-refractivity contribution in [1.82, 2.24) is 9.47 Å². The van der Waals surface area contributed by atoms with Crippen molar-refractivity contribution >= 4 is 17.4 Å². The maximum Gasteiger partial charge on any atom is 0.231 e. The molecule has 2 aliphatic heterocycles. The van der Waals surface area contributed by atoms with Gasteiger partial charge in [0.2, 0.25) is 12.7 Å². The quantitative estimate of drug-likeness (QED) is 0.383. The van der Waals surface area contributed by atoms with Crippen molar-refractivity contribution in [2.24, 2.45) is 5.92 Å². The van der Waals surface area contributed by atoms with Crippen molar-refractivity contribution in [2.45, 2.75) is 33.2 Å². The lowest BCUT2D eigenvalue weighted by Gasteiger charge is -2.30. The minimum absolute atomic E-state index is 0.0602. The number of rotatable bonds is 7. The van der Waals surface area contributed by atoms with Crippen LogP contribution in [0.2, 0.25) is 0 Å². The van der Waals surface area contributed by atoms with E-state index in [1.807, 2.05) is 38.1 Å². The maximum absolute atomic E-state index is 13.2. The van der Waals surface area contributed by atoms with Gasteiger partial charge in [0.15, 0.2) is 17.3 Å². The molecule has 0 bridgehead atoms. The molecule has 3 heterocycles. The zero-order valence-electron chi connectivity index (χ0n) is 20.6. The topological polar surface area (TPSA) is 93.0 Å². The highest BCUT2D eigenvalue weighted by atomic mass is 16.7. The van der Waals surface area contributed by atoms with E-state index in [4.69, 9.17) is 9.47 Å². The normalized spacial score (nSPS) is 15.7. The van der Waals surface area contributed by atoms with Gasteiger partial charge in [0.25, 0.3) is 0 Å². The fourth-order valence-electron chi connectivity index (χ4n) is 5.00. The van der Waals surface area contributed by atoms with Crippen LogP contribution in [-0.2, 0) is 11.3 Å². The van der Waals surface area contributed by atoms with Crippen molar-refractivity contribution in [2.75, 3.05) is 31.7 Å². The molecule has 1 amide bonds. The van der Waals surface area contributed by atoms with Crippen LogP contribution in [0.25, 0.3) is 0 Å². The van der Waals surface area contributed by atoms with Gasteiger partial charge >= 0.3 is 0 Å². The first-order valence-corrected chi connectivity index (χ1v) is 12.3. The number of aromatic nitrogens is 1. The number of phenolic OH excluding ortho intramolecular Hbond substituents is 1. The summed E-state index contributed by atoms with van der Waals surface area (Å²) in [4.78, 5) is 28.0. The van der Waals surface area contributed by atoms with Gasteiger partial charge in [-0.05, 0) is 75.7 Å². The van der Waals surface area contributed by atoms with Gasteiger partial charge in [0.05, 0.1) is 12.2 Å². The average Bonchev–Trinajstić information content (AvgIpc) is 3.45. The third-order valence-corrected chi connectivity index (χ3v) is 7.14. The minimum Gasteiger partial charge on any atom is -0.506 e. The van der Waals surface area contributed by atoms with E-state index in [0.717, 1.165) is 34.0 Å². The lowest BCUT2D eigenvalue weighted by molar-refractivity contribution is -0.121. The third kappa shape index (κ3) is 4.95. The molecule has 1 saturated heterocycles. The number of phenols is 1. The second kappa shape index (κ2) is 10.1. The van der Waals surface area contributed by atoms with E-state index in [2.05, 4.69) is 14.8 Å². The number of piperidine rings is 1. The summed E-state index contributed by atoms with van der Waals surface area (Å²) >= 11 is 0. The highest BCUT2D eigenvalue weighted by molar-refractivity contribution is 5.99. The van der Waals surface area contributed by atoms with Crippen molar-refractivity contribution in [1.29, 1.82) is 0 Å². The van der Waals surface area contributed by atoms with Crippen molar-refractivity contribution in [3.63, 3.8) is 0 Å². The Hall–Kier alpha value is -3.78. The average molecular weight is 490 g/mol. The van der Waals surface area contributed by atoms with E-state index in [1.54, 1.807) is 24.3 Å². The second-order valence-corrected chi connectivity index (χ2v) is 9.54. The molecule has 0 spiro atoms. The van der Waals surface area contributed by atoms with Crippen molar-refractivity contribution in [3.8, 4) is 17.2 Å². The molecule has 1 aromatic heterocycles. The molecular weight excluding hydrogens is 458 g/mol. The van der Waals surface area contributed by atoms with Crippen LogP contribution in [0, 0.1) is 19.8 Å². The summed E-state index contributed by atoms with van der Waals surface area (Å²) in [5.74, 6) is 1.44. The number of amides is 1. The molecule has 36 heavy (non-hydrogen) atoms. The third-order valence-electron chi connectivity index (χ3n) is 7.14. The highest BCUT2D eigenvalue weighted by Gasteiger charge is 2.27. The van der Waals surface area contributed by atoms with Crippen LogP contribution < -0.4 is 14.8 Å². The largest absolute Gasteiger partial charge is 0.506 e. The Morgan fingerprint density at radius 1 is 1.03 bits per heavy atom. The van der Waals surface area contributed by atoms with Crippen LogP contribution in [0.5, 0.6) is 17.2 Å². The van der Waals surface area contributed by atoms with Crippen LogP contribution in [0.4, 0.5) is 5.69 Å². The first-order valence-electron chi connectivity index (χ1n) is 12.3. The lowest BCUT2D eigenvalue weighted by atomic mass is 9.95. The number of anilines is 1. The number of hydrogen-bond donors (Lipinski definition) is 2. The number of para-hydroxylation sites is 2. The molecule has 8 heteroatoms. The molecule has 0 radical (unpaired) electrons. The van der Waals surface area contributed by atoms with Crippen LogP contribution in [0.3, 0.4) is 0 Å². The molecule has 0 atom stereocenters. The molecule has 5 rings (SSSR count). The molecule has 1 fully saturated rings. The number of aromatic hydroxyl groups is 1. The monoisotopic (exact) mass is 489 g/mol. The van der Waals surface area contributed by atoms with E-state index < -0.39 is 0 Å². The number of carbonyl (C=O) groups excluding carboxylic acids is 2. The molecule has 3 aromatic rings. The van der Waals surface area contributed by atoms with Gasteiger partial charge in [-0.25, -0.2) is 0 Å². The molecule has 188 valence electrons. The van der Waals surface area contributed by atoms with Gasteiger partial charge in [0.1, 0.15) is 5.75 Å². The molecule has 2 aromatic carbocycles. The Morgan fingerprint density at radius 3 is 2.56 bits per heavy atom. The van der Waals surface area contributed by atoms with Crippen molar-refractivity contribution < 1.29 is 24.2 Å². The van der Waals surface area contributed by atoms with E-state index in [0.29, 0.717) is 44.7 Å². The highest BCUT2D eigenvalue weighted by Crippen LogP contribution is 2.33. The SMILES string of the molecule is Cc1cc(C(=O)CN2CCC(C(=O)Nc3ccccc3O)CC2)c(C)n1Cc1ccc2c(c1)OCO2. The van der Waals surface area contributed by atoms with Gasteiger partial charge in [-0.2, -0.15) is 0 Å². The maximum atomic E-state index is 13.2. The number of ketones is 1. The molecule has 2 aliphatic rings. The molecule has 0 saturated carbocycles. The number of ether oxygens (including phenoxy) is 2. The molecule has 0 unspecified atom stereocenters. The molecule has 0 aliphatic carbocycles. The number of carbonyl (C=O) groups is 2. The molecular formula is C28H31N3O5. The predicted molar refractivity (Wildman–Crippen MR) is 136 cm³/mol. The molecule has 8 nitrogen and oxygen atoms in total.